The van der Waals surface area contributed by atoms with Crippen LogP contribution in [0.25, 0.3) is 0 Å². The number of hydrogen-bond acceptors (Lipinski definition) is 4. The molecule has 0 saturated carbocycles. The van der Waals surface area contributed by atoms with Crippen molar-refractivity contribution in [2.75, 3.05) is 40.3 Å². The van der Waals surface area contributed by atoms with Gasteiger partial charge in [-0.25, -0.2) is 9.18 Å². The van der Waals surface area contributed by atoms with Gasteiger partial charge in [0, 0.05) is 26.2 Å². The smallest absolute Gasteiger partial charge is 0.325 e. The van der Waals surface area contributed by atoms with Crippen LogP contribution < -0.4 is 5.32 Å². The van der Waals surface area contributed by atoms with Crippen LogP contribution in [0.2, 0.25) is 0 Å². The van der Waals surface area contributed by atoms with Crippen molar-refractivity contribution in [1.29, 1.82) is 0 Å². The SMILES string of the molecule is CN(C)CCN1C(=O)N[C@@](CCc2ccccc2)(C2CCN(C(=O)Cc3ccc(F)cc3)CC2)C1=O. The minimum atomic E-state index is -0.967. The molecule has 1 N–H and O–H groups in total. The number of likely N-dealkylation sites (tertiary alicyclic amines) is 1. The maximum Gasteiger partial charge on any atom is 0.325 e. The summed E-state index contributed by atoms with van der Waals surface area (Å²) >= 11 is 0. The van der Waals surface area contributed by atoms with Crippen LogP contribution in [0.15, 0.2) is 54.6 Å². The number of halogens is 1. The Balaban J connectivity index is 1.46. The second-order valence-electron chi connectivity index (χ2n) is 10.1. The second-order valence-corrected chi connectivity index (χ2v) is 10.1. The van der Waals surface area contributed by atoms with Crippen molar-refractivity contribution < 1.29 is 18.8 Å². The number of nitrogens with zero attached hydrogens (tertiary/aromatic N) is 3. The molecule has 0 aliphatic carbocycles. The maximum absolute atomic E-state index is 13.8. The van der Waals surface area contributed by atoms with Crippen molar-refractivity contribution >= 4 is 17.8 Å². The number of nitrogens with one attached hydrogen (secondary N) is 1. The number of rotatable bonds is 9. The zero-order valence-electron chi connectivity index (χ0n) is 21.1. The summed E-state index contributed by atoms with van der Waals surface area (Å²) in [7, 11) is 3.83. The molecule has 0 radical (unpaired) electrons. The molecule has 2 saturated heterocycles. The van der Waals surface area contributed by atoms with E-state index in [1.807, 2.05) is 54.2 Å². The molecular weight excluding hydrogens is 459 g/mol. The molecular formula is C28H35FN4O3. The third-order valence-electron chi connectivity index (χ3n) is 7.44. The van der Waals surface area contributed by atoms with Crippen molar-refractivity contribution in [2.24, 2.45) is 5.92 Å². The van der Waals surface area contributed by atoms with Gasteiger partial charge in [0.15, 0.2) is 0 Å². The first-order valence-electron chi connectivity index (χ1n) is 12.6. The zero-order chi connectivity index (χ0) is 25.7. The lowest BCUT2D eigenvalue weighted by Crippen LogP contribution is -2.57. The van der Waals surface area contributed by atoms with E-state index in [1.165, 1.54) is 17.0 Å². The van der Waals surface area contributed by atoms with Crippen LogP contribution in [-0.4, -0.2) is 78.4 Å². The molecule has 0 spiro atoms. The van der Waals surface area contributed by atoms with Gasteiger partial charge in [-0.05, 0) is 69.0 Å². The normalized spacial score (nSPS) is 20.8. The lowest BCUT2D eigenvalue weighted by molar-refractivity contribution is -0.136. The average molecular weight is 495 g/mol. The average Bonchev–Trinajstić information content (AvgIpc) is 3.13. The molecule has 2 heterocycles. The monoisotopic (exact) mass is 494 g/mol. The summed E-state index contributed by atoms with van der Waals surface area (Å²) in [5.41, 5.74) is 0.931. The molecule has 2 aromatic rings. The van der Waals surface area contributed by atoms with Gasteiger partial charge in [-0.3, -0.25) is 14.5 Å². The molecule has 0 bridgehead atoms. The zero-order valence-corrected chi connectivity index (χ0v) is 21.1. The highest BCUT2D eigenvalue weighted by molar-refractivity contribution is 6.07. The minimum absolute atomic E-state index is 0.00668. The molecule has 2 fully saturated rings. The Hall–Kier alpha value is -3.26. The molecule has 4 amide bonds. The molecule has 1 atom stereocenters. The van der Waals surface area contributed by atoms with Gasteiger partial charge in [-0.2, -0.15) is 0 Å². The van der Waals surface area contributed by atoms with E-state index in [0.29, 0.717) is 51.9 Å². The quantitative estimate of drug-likeness (QED) is 0.544. The lowest BCUT2D eigenvalue weighted by atomic mass is 9.74. The molecule has 192 valence electrons. The largest absolute Gasteiger partial charge is 0.342 e. The van der Waals surface area contributed by atoms with Crippen molar-refractivity contribution in [3.05, 3.63) is 71.5 Å². The van der Waals surface area contributed by atoms with Crippen LogP contribution in [0, 0.1) is 11.7 Å². The van der Waals surface area contributed by atoms with Gasteiger partial charge in [0.2, 0.25) is 5.91 Å². The van der Waals surface area contributed by atoms with E-state index in [0.717, 1.165) is 11.1 Å². The molecule has 0 unspecified atom stereocenters. The van der Waals surface area contributed by atoms with E-state index in [4.69, 9.17) is 0 Å². The van der Waals surface area contributed by atoms with E-state index < -0.39 is 5.54 Å². The van der Waals surface area contributed by atoms with Gasteiger partial charge in [0.05, 0.1) is 6.42 Å². The van der Waals surface area contributed by atoms with E-state index >= 15 is 0 Å². The van der Waals surface area contributed by atoms with E-state index in [-0.39, 0.29) is 36.0 Å². The number of hydrogen-bond donors (Lipinski definition) is 1. The first kappa shape index (κ1) is 25.8. The van der Waals surface area contributed by atoms with Gasteiger partial charge in [0.25, 0.3) is 5.91 Å². The minimum Gasteiger partial charge on any atom is -0.342 e. The van der Waals surface area contributed by atoms with Crippen molar-refractivity contribution in [3.63, 3.8) is 0 Å². The fraction of sp³-hybridized carbons (Fsp3) is 0.464. The number of imide groups is 1. The summed E-state index contributed by atoms with van der Waals surface area (Å²) in [5, 5.41) is 3.10. The number of carbonyl (C=O) groups is 3. The predicted octanol–water partition coefficient (Wildman–Crippen LogP) is 3.09. The number of likely N-dealkylation sites (N-methyl/N-ethyl adjacent to an activating group) is 1. The first-order chi connectivity index (χ1) is 17.3. The van der Waals surface area contributed by atoms with Crippen molar-refractivity contribution in [3.8, 4) is 0 Å². The second kappa shape index (κ2) is 11.2. The molecule has 0 aromatic heterocycles. The van der Waals surface area contributed by atoms with Crippen molar-refractivity contribution in [2.45, 2.75) is 37.6 Å². The molecule has 4 rings (SSSR count). The van der Waals surface area contributed by atoms with E-state index in [9.17, 15) is 18.8 Å². The molecule has 36 heavy (non-hydrogen) atoms. The highest BCUT2D eigenvalue weighted by Gasteiger charge is 2.55. The highest BCUT2D eigenvalue weighted by Crippen LogP contribution is 2.37. The Morgan fingerprint density at radius 2 is 1.69 bits per heavy atom. The maximum atomic E-state index is 13.8. The Labute approximate surface area is 212 Å². The van der Waals surface area contributed by atoms with Crippen LogP contribution >= 0.6 is 0 Å². The highest BCUT2D eigenvalue weighted by atomic mass is 19.1. The van der Waals surface area contributed by atoms with Crippen LogP contribution in [0.1, 0.15) is 30.4 Å². The van der Waals surface area contributed by atoms with E-state index in [2.05, 4.69) is 5.32 Å². The summed E-state index contributed by atoms with van der Waals surface area (Å²) in [4.78, 5) is 44.7. The fourth-order valence-corrected chi connectivity index (χ4v) is 5.29. The first-order valence-corrected chi connectivity index (χ1v) is 12.6. The van der Waals surface area contributed by atoms with E-state index in [1.54, 1.807) is 12.1 Å². The third kappa shape index (κ3) is 5.75. The summed E-state index contributed by atoms with van der Waals surface area (Å²) in [5.74, 6) is -0.540. The number of benzene rings is 2. The fourth-order valence-electron chi connectivity index (χ4n) is 5.29. The summed E-state index contributed by atoms with van der Waals surface area (Å²) < 4.78 is 13.2. The number of urea groups is 1. The van der Waals surface area contributed by atoms with Crippen molar-refractivity contribution in [1.82, 2.24) is 20.0 Å². The Bertz CT molecular complexity index is 1070. The lowest BCUT2D eigenvalue weighted by Gasteiger charge is -2.41. The summed E-state index contributed by atoms with van der Waals surface area (Å²) in [6, 6.07) is 15.7. The molecule has 8 heteroatoms. The Kier molecular flexibility index (Phi) is 8.04. The Morgan fingerprint density at radius 1 is 1.03 bits per heavy atom. The molecule has 2 aliphatic rings. The molecule has 7 nitrogen and oxygen atoms in total. The van der Waals surface area contributed by atoms with Crippen LogP contribution in [0.3, 0.4) is 0 Å². The standard InChI is InChI=1S/C28H35FN4O3/c1-31(2)18-19-33-26(35)28(30-27(33)36,15-12-21-6-4-3-5-7-21)23-13-16-32(17-14-23)25(34)20-22-8-10-24(29)11-9-22/h3-11,23H,12-20H2,1-2H3,(H,30,36)/t28-/m0/s1. The van der Waals surface area contributed by atoms with Gasteiger partial charge in [-0.1, -0.05) is 42.5 Å². The summed E-state index contributed by atoms with van der Waals surface area (Å²) in [6.07, 6.45) is 2.69. The molecule has 2 aliphatic heterocycles. The number of carbonyl (C=O) groups excluding carboxylic acids is 3. The number of aryl methyl sites for hydroxylation is 1. The van der Waals surface area contributed by atoms with Gasteiger partial charge < -0.3 is 15.1 Å². The van der Waals surface area contributed by atoms with Crippen LogP contribution in [0.4, 0.5) is 9.18 Å². The predicted molar refractivity (Wildman–Crippen MR) is 136 cm³/mol. The van der Waals surface area contributed by atoms with Crippen LogP contribution in [0.5, 0.6) is 0 Å². The summed E-state index contributed by atoms with van der Waals surface area (Å²) in [6.45, 7) is 2.00. The van der Waals surface area contributed by atoms with Gasteiger partial charge >= 0.3 is 6.03 Å². The van der Waals surface area contributed by atoms with Gasteiger partial charge in [-0.15, -0.1) is 0 Å². The topological polar surface area (TPSA) is 73.0 Å². The number of amides is 4. The van der Waals surface area contributed by atoms with Crippen LogP contribution in [-0.2, 0) is 22.4 Å². The third-order valence-corrected chi connectivity index (χ3v) is 7.44. The Morgan fingerprint density at radius 3 is 2.33 bits per heavy atom. The molecule has 2 aromatic carbocycles. The van der Waals surface area contributed by atoms with Gasteiger partial charge in [0.1, 0.15) is 11.4 Å². The number of piperidine rings is 1.